The number of aromatic nitrogens is 1. The van der Waals surface area contributed by atoms with Crippen LogP contribution in [0.15, 0.2) is 24.5 Å². The quantitative estimate of drug-likeness (QED) is 0.270. The van der Waals surface area contributed by atoms with Crippen LogP contribution in [0.5, 0.6) is 0 Å². The van der Waals surface area contributed by atoms with E-state index in [2.05, 4.69) is 18.8 Å². The summed E-state index contributed by atoms with van der Waals surface area (Å²) >= 11 is 0. The minimum Gasteiger partial charge on any atom is -0.461 e. The van der Waals surface area contributed by atoms with Gasteiger partial charge in [0.05, 0.1) is 0 Å². The van der Waals surface area contributed by atoms with Gasteiger partial charge in [0.2, 0.25) is 0 Å². The van der Waals surface area contributed by atoms with Crippen LogP contribution in [0, 0.1) is 5.92 Å². The lowest BCUT2D eigenvalue weighted by molar-refractivity contribution is -0.145. The zero-order valence-electron chi connectivity index (χ0n) is 16.3. The molecule has 1 aromatic heterocycles. The summed E-state index contributed by atoms with van der Waals surface area (Å²) in [4.78, 5) is 15.7. The highest BCUT2D eigenvalue weighted by atomic mass is 16.5. The number of ether oxygens (including phenoxy) is 1. The van der Waals surface area contributed by atoms with Crippen molar-refractivity contribution in [2.45, 2.75) is 97.5 Å². The van der Waals surface area contributed by atoms with Gasteiger partial charge in [0, 0.05) is 24.4 Å². The minimum atomic E-state index is -0.0924. The van der Waals surface area contributed by atoms with E-state index in [0.717, 1.165) is 24.3 Å². The van der Waals surface area contributed by atoms with E-state index in [1.807, 2.05) is 12.1 Å². The molecule has 0 aliphatic rings. The first-order valence-corrected chi connectivity index (χ1v) is 10.3. The summed E-state index contributed by atoms with van der Waals surface area (Å²) in [6.45, 7) is 4.98. The third kappa shape index (κ3) is 12.6. The third-order valence-electron chi connectivity index (χ3n) is 4.90. The van der Waals surface area contributed by atoms with Crippen molar-refractivity contribution in [2.24, 2.45) is 5.92 Å². The van der Waals surface area contributed by atoms with E-state index in [1.54, 1.807) is 12.4 Å². The smallest absolute Gasteiger partial charge is 0.306 e. The van der Waals surface area contributed by atoms with Crippen LogP contribution in [0.4, 0.5) is 0 Å². The Labute approximate surface area is 154 Å². The van der Waals surface area contributed by atoms with E-state index in [9.17, 15) is 4.79 Å². The molecule has 1 unspecified atom stereocenters. The van der Waals surface area contributed by atoms with Gasteiger partial charge in [-0.05, 0) is 18.4 Å². The first-order chi connectivity index (χ1) is 12.2. The number of pyridine rings is 1. The normalized spacial score (nSPS) is 12.1. The molecule has 0 radical (unpaired) electrons. The van der Waals surface area contributed by atoms with Crippen molar-refractivity contribution >= 4 is 5.97 Å². The predicted octanol–water partition coefficient (Wildman–Crippen LogP) is 6.46. The summed E-state index contributed by atoms with van der Waals surface area (Å²) in [7, 11) is 0. The summed E-state index contributed by atoms with van der Waals surface area (Å²) in [6.07, 6.45) is 18.2. The summed E-state index contributed by atoms with van der Waals surface area (Å²) < 4.78 is 5.26. The van der Waals surface area contributed by atoms with Crippen LogP contribution in [-0.4, -0.2) is 11.0 Å². The molecule has 0 spiro atoms. The number of unbranched alkanes of at least 4 members (excludes halogenated alkanes) is 8. The zero-order chi connectivity index (χ0) is 18.2. The highest BCUT2D eigenvalue weighted by molar-refractivity contribution is 5.69. The van der Waals surface area contributed by atoms with Crippen LogP contribution in [0.3, 0.4) is 0 Å². The second-order valence-corrected chi connectivity index (χ2v) is 7.26. The average molecular weight is 348 g/mol. The average Bonchev–Trinajstić information content (AvgIpc) is 2.65. The lowest BCUT2D eigenvalue weighted by Crippen LogP contribution is -2.04. The van der Waals surface area contributed by atoms with Gasteiger partial charge in [0.1, 0.15) is 6.61 Å². The number of rotatable bonds is 15. The maximum atomic E-state index is 11.7. The molecule has 0 aliphatic heterocycles. The largest absolute Gasteiger partial charge is 0.461 e. The van der Waals surface area contributed by atoms with Gasteiger partial charge in [-0.1, -0.05) is 84.1 Å². The lowest BCUT2D eigenvalue weighted by Gasteiger charge is -2.07. The van der Waals surface area contributed by atoms with Crippen molar-refractivity contribution in [2.75, 3.05) is 0 Å². The summed E-state index contributed by atoms with van der Waals surface area (Å²) in [5.41, 5.74) is 0.944. The molecule has 1 heterocycles. The van der Waals surface area contributed by atoms with Gasteiger partial charge in [0.25, 0.3) is 0 Å². The van der Waals surface area contributed by atoms with Crippen molar-refractivity contribution in [3.63, 3.8) is 0 Å². The zero-order valence-corrected chi connectivity index (χ0v) is 16.3. The Morgan fingerprint density at radius 2 is 1.68 bits per heavy atom. The Morgan fingerprint density at radius 1 is 1.04 bits per heavy atom. The first kappa shape index (κ1) is 21.7. The van der Waals surface area contributed by atoms with Gasteiger partial charge < -0.3 is 4.74 Å². The molecule has 3 nitrogen and oxygen atoms in total. The van der Waals surface area contributed by atoms with Crippen LogP contribution in [-0.2, 0) is 16.1 Å². The van der Waals surface area contributed by atoms with E-state index in [-0.39, 0.29) is 5.97 Å². The Bertz CT molecular complexity index is 433. The summed E-state index contributed by atoms with van der Waals surface area (Å²) in [5.74, 6) is 0.807. The topological polar surface area (TPSA) is 39.2 Å². The SMILES string of the molecule is CCC(C)CCCCCCCCCCCC(=O)OCc1cccnc1. The van der Waals surface area contributed by atoms with Crippen LogP contribution in [0.25, 0.3) is 0 Å². The molecule has 142 valence electrons. The molecule has 3 heteroatoms. The van der Waals surface area contributed by atoms with Crippen molar-refractivity contribution in [1.82, 2.24) is 4.98 Å². The highest BCUT2D eigenvalue weighted by Gasteiger charge is 2.03. The number of carbonyl (C=O) groups excluding carboxylic acids is 1. The van der Waals surface area contributed by atoms with Crippen LogP contribution >= 0.6 is 0 Å². The fourth-order valence-electron chi connectivity index (χ4n) is 2.92. The van der Waals surface area contributed by atoms with Crippen molar-refractivity contribution in [3.05, 3.63) is 30.1 Å². The Hall–Kier alpha value is -1.38. The molecule has 0 fully saturated rings. The van der Waals surface area contributed by atoms with Crippen LogP contribution in [0.1, 0.15) is 96.5 Å². The fraction of sp³-hybridized carbons (Fsp3) is 0.727. The van der Waals surface area contributed by atoms with Crippen molar-refractivity contribution < 1.29 is 9.53 Å². The second kappa shape index (κ2) is 14.9. The Balaban J connectivity index is 1.83. The van der Waals surface area contributed by atoms with Crippen LogP contribution in [0.2, 0.25) is 0 Å². The second-order valence-electron chi connectivity index (χ2n) is 7.26. The van der Waals surface area contributed by atoms with Gasteiger partial charge in [0.15, 0.2) is 0 Å². The maximum Gasteiger partial charge on any atom is 0.306 e. The molecule has 0 N–H and O–H groups in total. The van der Waals surface area contributed by atoms with Gasteiger partial charge >= 0.3 is 5.97 Å². The Kier molecular flexibility index (Phi) is 12.9. The number of nitrogens with zero attached hydrogens (tertiary/aromatic N) is 1. The molecule has 25 heavy (non-hydrogen) atoms. The first-order valence-electron chi connectivity index (χ1n) is 10.3. The van der Waals surface area contributed by atoms with E-state index >= 15 is 0 Å². The fourth-order valence-corrected chi connectivity index (χ4v) is 2.92. The van der Waals surface area contributed by atoms with Crippen molar-refractivity contribution in [3.8, 4) is 0 Å². The lowest BCUT2D eigenvalue weighted by atomic mass is 9.99. The van der Waals surface area contributed by atoms with Gasteiger partial charge in [-0.15, -0.1) is 0 Å². The Morgan fingerprint density at radius 3 is 2.28 bits per heavy atom. The number of hydrogen-bond acceptors (Lipinski definition) is 3. The van der Waals surface area contributed by atoms with E-state index < -0.39 is 0 Å². The van der Waals surface area contributed by atoms with E-state index in [1.165, 1.54) is 57.8 Å². The summed E-state index contributed by atoms with van der Waals surface area (Å²) in [5, 5.41) is 0. The van der Waals surface area contributed by atoms with Gasteiger partial charge in [-0.3, -0.25) is 9.78 Å². The van der Waals surface area contributed by atoms with E-state index in [0.29, 0.717) is 13.0 Å². The van der Waals surface area contributed by atoms with Crippen LogP contribution < -0.4 is 0 Å². The monoisotopic (exact) mass is 347 g/mol. The molecular formula is C22H37NO2. The van der Waals surface area contributed by atoms with E-state index in [4.69, 9.17) is 4.74 Å². The molecule has 0 saturated carbocycles. The minimum absolute atomic E-state index is 0.0924. The predicted molar refractivity (Wildman–Crippen MR) is 104 cm³/mol. The highest BCUT2D eigenvalue weighted by Crippen LogP contribution is 2.15. The van der Waals surface area contributed by atoms with Gasteiger partial charge in [-0.25, -0.2) is 0 Å². The molecule has 0 amide bonds. The molecule has 1 rings (SSSR count). The summed E-state index contributed by atoms with van der Waals surface area (Å²) in [6, 6.07) is 3.78. The molecule has 1 atom stereocenters. The van der Waals surface area contributed by atoms with Crippen molar-refractivity contribution in [1.29, 1.82) is 0 Å². The maximum absolute atomic E-state index is 11.7. The molecule has 0 saturated heterocycles. The molecule has 0 aromatic carbocycles. The molecular weight excluding hydrogens is 310 g/mol. The van der Waals surface area contributed by atoms with Gasteiger partial charge in [-0.2, -0.15) is 0 Å². The number of carbonyl (C=O) groups is 1. The third-order valence-corrected chi connectivity index (χ3v) is 4.90. The number of hydrogen-bond donors (Lipinski definition) is 0. The molecule has 0 aliphatic carbocycles. The number of esters is 1. The molecule has 1 aromatic rings. The standard InChI is InChI=1S/C22H37NO2/c1-3-20(2)14-11-9-7-5-4-6-8-10-12-16-22(24)25-19-21-15-13-17-23-18-21/h13,15,17-18,20H,3-12,14,16,19H2,1-2H3. The molecule has 0 bridgehead atoms.